The highest BCUT2D eigenvalue weighted by Gasteiger charge is 2.07. The van der Waals surface area contributed by atoms with Crippen molar-refractivity contribution in [3.8, 4) is 0 Å². The van der Waals surface area contributed by atoms with Gasteiger partial charge in [-0.3, -0.25) is 4.79 Å². The molecule has 0 aromatic heterocycles. The molecule has 0 heterocycles. The van der Waals surface area contributed by atoms with E-state index in [9.17, 15) is 4.79 Å². The van der Waals surface area contributed by atoms with E-state index < -0.39 is 0 Å². The van der Waals surface area contributed by atoms with Crippen LogP contribution < -0.4 is 10.6 Å². The molecule has 0 saturated heterocycles. The van der Waals surface area contributed by atoms with Gasteiger partial charge >= 0.3 is 0 Å². The fourth-order valence-corrected chi connectivity index (χ4v) is 2.48. The summed E-state index contributed by atoms with van der Waals surface area (Å²) in [6.45, 7) is 2.03. The van der Waals surface area contributed by atoms with E-state index in [-0.39, 0.29) is 12.5 Å². The molecule has 1 amide bonds. The maximum atomic E-state index is 11.9. The third kappa shape index (κ3) is 4.53. The number of anilines is 2. The molecule has 21 heavy (non-hydrogen) atoms. The summed E-state index contributed by atoms with van der Waals surface area (Å²) in [5.74, 6) is -0.226. The van der Waals surface area contributed by atoms with Gasteiger partial charge in [0.2, 0.25) is 5.91 Å². The summed E-state index contributed by atoms with van der Waals surface area (Å²) in [5, 5.41) is 7.17. The van der Waals surface area contributed by atoms with E-state index in [0.29, 0.717) is 26.4 Å². The molecule has 3 nitrogen and oxygen atoms in total. The summed E-state index contributed by atoms with van der Waals surface area (Å²) in [6.07, 6.45) is 0. The number of carbonyl (C=O) groups is 1. The monoisotopic (exact) mass is 342 g/mol. The van der Waals surface area contributed by atoms with Crippen LogP contribution in [0, 0.1) is 6.92 Å². The standard InChI is InChI=1S/C15H13Cl3N2O/c1-9-2-4-13(11(17)6-9)19-8-15(21)20-14-5-3-10(16)7-12(14)18/h2-7,19H,8H2,1H3,(H,20,21). The van der Waals surface area contributed by atoms with Gasteiger partial charge in [0.1, 0.15) is 0 Å². The van der Waals surface area contributed by atoms with E-state index in [0.717, 1.165) is 5.56 Å². The van der Waals surface area contributed by atoms with E-state index >= 15 is 0 Å². The normalized spacial score (nSPS) is 10.3. The predicted molar refractivity (Wildman–Crippen MR) is 89.8 cm³/mol. The Labute approximate surface area is 138 Å². The Hall–Kier alpha value is -1.42. The van der Waals surface area contributed by atoms with Gasteiger partial charge in [0, 0.05) is 5.02 Å². The topological polar surface area (TPSA) is 41.1 Å². The van der Waals surface area contributed by atoms with Crippen LogP contribution in [0.15, 0.2) is 36.4 Å². The van der Waals surface area contributed by atoms with Crippen LogP contribution in [-0.4, -0.2) is 12.5 Å². The lowest BCUT2D eigenvalue weighted by molar-refractivity contribution is -0.114. The number of carbonyl (C=O) groups excluding carboxylic acids is 1. The Bertz CT molecular complexity index is 674. The minimum Gasteiger partial charge on any atom is -0.375 e. The fraction of sp³-hybridized carbons (Fsp3) is 0.133. The highest BCUT2D eigenvalue weighted by atomic mass is 35.5. The van der Waals surface area contributed by atoms with Crippen molar-refractivity contribution >= 4 is 52.1 Å². The average molecular weight is 344 g/mol. The molecule has 0 aliphatic heterocycles. The molecule has 2 N–H and O–H groups in total. The summed E-state index contributed by atoms with van der Waals surface area (Å²) < 4.78 is 0. The molecule has 0 aliphatic rings. The molecule has 6 heteroatoms. The minimum atomic E-state index is -0.226. The average Bonchev–Trinajstić information content (AvgIpc) is 2.41. The van der Waals surface area contributed by atoms with E-state index in [2.05, 4.69) is 10.6 Å². The van der Waals surface area contributed by atoms with Crippen LogP contribution in [0.2, 0.25) is 15.1 Å². The summed E-state index contributed by atoms with van der Waals surface area (Å²) >= 11 is 17.9. The van der Waals surface area contributed by atoms with Crippen molar-refractivity contribution in [2.45, 2.75) is 6.92 Å². The Balaban J connectivity index is 1.96. The first-order valence-corrected chi connectivity index (χ1v) is 7.34. The molecule has 0 saturated carbocycles. The van der Waals surface area contributed by atoms with Crippen molar-refractivity contribution in [2.75, 3.05) is 17.2 Å². The summed E-state index contributed by atoms with van der Waals surface area (Å²) in [4.78, 5) is 11.9. The Morgan fingerprint density at radius 1 is 1.00 bits per heavy atom. The van der Waals surface area contributed by atoms with Crippen molar-refractivity contribution in [2.24, 2.45) is 0 Å². The molecule has 2 rings (SSSR count). The lowest BCUT2D eigenvalue weighted by atomic mass is 10.2. The number of hydrogen-bond donors (Lipinski definition) is 2. The zero-order valence-electron chi connectivity index (χ0n) is 11.2. The van der Waals surface area contributed by atoms with Gasteiger partial charge in [-0.25, -0.2) is 0 Å². The van der Waals surface area contributed by atoms with Crippen molar-refractivity contribution in [1.82, 2.24) is 0 Å². The molecule has 0 unspecified atom stereocenters. The first kappa shape index (κ1) is 16.0. The maximum absolute atomic E-state index is 11.9. The number of rotatable bonds is 4. The smallest absolute Gasteiger partial charge is 0.243 e. The molecular formula is C15H13Cl3N2O. The van der Waals surface area contributed by atoms with Gasteiger partial charge < -0.3 is 10.6 Å². The number of hydrogen-bond acceptors (Lipinski definition) is 2. The lowest BCUT2D eigenvalue weighted by Crippen LogP contribution is -2.22. The number of benzene rings is 2. The molecule has 2 aromatic rings. The lowest BCUT2D eigenvalue weighted by Gasteiger charge is -2.10. The molecule has 2 aromatic carbocycles. The zero-order valence-corrected chi connectivity index (χ0v) is 13.5. The van der Waals surface area contributed by atoms with Crippen molar-refractivity contribution in [3.63, 3.8) is 0 Å². The molecule has 0 atom stereocenters. The SMILES string of the molecule is Cc1ccc(NCC(=O)Nc2ccc(Cl)cc2Cl)c(Cl)c1. The predicted octanol–water partition coefficient (Wildman–Crippen LogP) is 5.01. The number of nitrogens with one attached hydrogen (secondary N) is 2. The molecule has 0 radical (unpaired) electrons. The molecular weight excluding hydrogens is 331 g/mol. The van der Waals surface area contributed by atoms with Crippen LogP contribution in [-0.2, 0) is 4.79 Å². The highest BCUT2D eigenvalue weighted by Crippen LogP contribution is 2.25. The number of aryl methyl sites for hydroxylation is 1. The summed E-state index contributed by atoms with van der Waals surface area (Å²) in [5.41, 5.74) is 2.28. The summed E-state index contributed by atoms with van der Waals surface area (Å²) in [7, 11) is 0. The van der Waals surface area contributed by atoms with Gasteiger partial charge in [-0.2, -0.15) is 0 Å². The second kappa shape index (κ2) is 7.03. The first-order chi connectivity index (χ1) is 9.95. The van der Waals surface area contributed by atoms with Gasteiger partial charge in [0.05, 0.1) is 28.0 Å². The van der Waals surface area contributed by atoms with Gasteiger partial charge in [-0.15, -0.1) is 0 Å². The van der Waals surface area contributed by atoms with Crippen molar-refractivity contribution in [3.05, 3.63) is 57.0 Å². The van der Waals surface area contributed by atoms with Crippen LogP contribution in [0.1, 0.15) is 5.56 Å². The van der Waals surface area contributed by atoms with E-state index in [4.69, 9.17) is 34.8 Å². The second-order valence-electron chi connectivity index (χ2n) is 4.51. The van der Waals surface area contributed by atoms with E-state index in [1.165, 1.54) is 0 Å². The summed E-state index contributed by atoms with van der Waals surface area (Å²) in [6, 6.07) is 10.5. The van der Waals surface area contributed by atoms with Crippen molar-refractivity contribution < 1.29 is 4.79 Å². The Kier molecular flexibility index (Phi) is 5.34. The maximum Gasteiger partial charge on any atom is 0.243 e. The van der Waals surface area contributed by atoms with Gasteiger partial charge in [-0.05, 0) is 42.8 Å². The Morgan fingerprint density at radius 3 is 2.33 bits per heavy atom. The third-order valence-corrected chi connectivity index (χ3v) is 3.63. The minimum absolute atomic E-state index is 0.0851. The van der Waals surface area contributed by atoms with Crippen LogP contribution in [0.25, 0.3) is 0 Å². The fourth-order valence-electron chi connectivity index (χ4n) is 1.72. The first-order valence-electron chi connectivity index (χ1n) is 6.20. The largest absolute Gasteiger partial charge is 0.375 e. The third-order valence-electron chi connectivity index (χ3n) is 2.77. The van der Waals surface area contributed by atoms with E-state index in [1.807, 2.05) is 25.1 Å². The van der Waals surface area contributed by atoms with Gasteiger partial charge in [0.25, 0.3) is 0 Å². The van der Waals surface area contributed by atoms with Gasteiger partial charge in [-0.1, -0.05) is 40.9 Å². The second-order valence-corrected chi connectivity index (χ2v) is 5.76. The zero-order chi connectivity index (χ0) is 15.4. The van der Waals surface area contributed by atoms with Crippen LogP contribution >= 0.6 is 34.8 Å². The van der Waals surface area contributed by atoms with Crippen LogP contribution in [0.5, 0.6) is 0 Å². The highest BCUT2D eigenvalue weighted by molar-refractivity contribution is 6.36. The molecule has 0 spiro atoms. The molecule has 0 aliphatic carbocycles. The molecule has 0 bridgehead atoms. The number of halogens is 3. The molecule has 110 valence electrons. The van der Waals surface area contributed by atoms with E-state index in [1.54, 1.807) is 18.2 Å². The van der Waals surface area contributed by atoms with Gasteiger partial charge in [0.15, 0.2) is 0 Å². The quantitative estimate of drug-likeness (QED) is 0.819. The Morgan fingerprint density at radius 2 is 1.67 bits per heavy atom. The van der Waals surface area contributed by atoms with Crippen LogP contribution in [0.4, 0.5) is 11.4 Å². The molecule has 0 fully saturated rings. The van der Waals surface area contributed by atoms with Crippen LogP contribution in [0.3, 0.4) is 0 Å². The van der Waals surface area contributed by atoms with Crippen molar-refractivity contribution in [1.29, 1.82) is 0 Å². The number of amides is 1.